The number of ether oxygens (including phenoxy) is 1. The molecule has 0 bridgehead atoms. The number of anilines is 1. The number of para-hydroxylation sites is 1. The molecule has 0 fully saturated rings. The Morgan fingerprint density at radius 2 is 1.42 bits per heavy atom. The van der Waals surface area contributed by atoms with E-state index in [1.165, 1.54) is 82.4 Å². The third-order valence-corrected chi connectivity index (χ3v) is 5.84. The Balaban J connectivity index is 0.000000442. The molecular weight excluding hydrogens is 410 g/mol. The van der Waals surface area contributed by atoms with E-state index in [9.17, 15) is 4.79 Å². The number of fused-ring (bicyclic) bond motifs is 1. The number of H-pyrrole nitrogens is 1. The summed E-state index contributed by atoms with van der Waals surface area (Å²) in [5.74, 6) is 0.691. The van der Waals surface area contributed by atoms with Gasteiger partial charge in [-0.1, -0.05) is 102 Å². The number of nitrogens with one attached hydrogen (secondary N) is 1. The van der Waals surface area contributed by atoms with Crippen molar-refractivity contribution in [2.75, 3.05) is 33.0 Å². The smallest absolute Gasteiger partial charge is 0.305 e. The summed E-state index contributed by atoms with van der Waals surface area (Å²) in [5, 5.41) is 1.17. The third-order valence-electron chi connectivity index (χ3n) is 5.84. The van der Waals surface area contributed by atoms with Crippen molar-refractivity contribution in [1.82, 2.24) is 9.88 Å². The van der Waals surface area contributed by atoms with Gasteiger partial charge in [-0.05, 0) is 32.6 Å². The Kier molecular flexibility index (Phi) is 17.1. The normalized spacial score (nSPS) is 10.9. The molecule has 5 nitrogen and oxygen atoms in total. The number of rotatable bonds is 17. The van der Waals surface area contributed by atoms with Crippen LogP contribution in [0.2, 0.25) is 0 Å². The van der Waals surface area contributed by atoms with Crippen molar-refractivity contribution in [1.29, 1.82) is 0 Å². The zero-order valence-electron chi connectivity index (χ0n) is 21.5. The highest BCUT2D eigenvalue weighted by Gasteiger charge is 2.02. The van der Waals surface area contributed by atoms with Gasteiger partial charge >= 0.3 is 5.97 Å². The zero-order valence-corrected chi connectivity index (χ0v) is 21.5. The first-order valence-corrected chi connectivity index (χ1v) is 13.2. The Bertz CT molecular complexity index is 694. The minimum atomic E-state index is -0.0325. The van der Waals surface area contributed by atoms with Crippen molar-refractivity contribution >= 4 is 22.7 Å². The lowest BCUT2D eigenvalue weighted by molar-refractivity contribution is -0.144. The number of unbranched alkanes of at least 4 members (excludes halogenated alkanes) is 12. The van der Waals surface area contributed by atoms with Crippen LogP contribution in [0, 0.1) is 0 Å². The van der Waals surface area contributed by atoms with E-state index in [0.717, 1.165) is 24.3 Å². The van der Waals surface area contributed by atoms with Gasteiger partial charge in [-0.15, -0.1) is 0 Å². The molecule has 0 spiro atoms. The molecule has 0 radical (unpaired) electrons. The number of nitrogen functional groups attached to an aromatic ring is 1. The molecule has 188 valence electrons. The van der Waals surface area contributed by atoms with Crippen LogP contribution in [0.5, 0.6) is 0 Å². The van der Waals surface area contributed by atoms with Crippen molar-refractivity contribution < 1.29 is 9.53 Å². The molecule has 0 amide bonds. The van der Waals surface area contributed by atoms with E-state index in [1.807, 2.05) is 49.3 Å². The molecule has 33 heavy (non-hydrogen) atoms. The highest BCUT2D eigenvalue weighted by Crippen LogP contribution is 2.15. The minimum Gasteiger partial charge on any atom is -0.464 e. The number of aromatic nitrogens is 1. The Morgan fingerprint density at radius 1 is 0.879 bits per heavy atom. The fourth-order valence-electron chi connectivity index (χ4n) is 3.80. The molecule has 5 heteroatoms. The summed E-state index contributed by atoms with van der Waals surface area (Å²) in [6.45, 7) is 3.60. The van der Waals surface area contributed by atoms with Gasteiger partial charge in [-0.25, -0.2) is 0 Å². The first-order chi connectivity index (χ1) is 16.0. The summed E-state index contributed by atoms with van der Waals surface area (Å²) >= 11 is 0. The number of esters is 1. The largest absolute Gasteiger partial charge is 0.464 e. The van der Waals surface area contributed by atoms with Crippen LogP contribution in [-0.2, 0) is 9.53 Å². The van der Waals surface area contributed by atoms with Crippen molar-refractivity contribution in [3.63, 3.8) is 0 Å². The van der Waals surface area contributed by atoms with Gasteiger partial charge in [0.2, 0.25) is 0 Å². The molecule has 1 heterocycles. The first-order valence-electron chi connectivity index (χ1n) is 13.2. The van der Waals surface area contributed by atoms with E-state index < -0.39 is 0 Å². The highest BCUT2D eigenvalue weighted by molar-refractivity contribution is 5.83. The van der Waals surface area contributed by atoms with E-state index in [4.69, 9.17) is 10.5 Å². The summed E-state index contributed by atoms with van der Waals surface area (Å²) < 4.78 is 5.18. The molecule has 0 aliphatic heterocycles. The number of nitrogens with two attached hydrogens (primary N) is 1. The van der Waals surface area contributed by atoms with Crippen LogP contribution in [0.4, 0.5) is 5.82 Å². The van der Waals surface area contributed by atoms with E-state index in [2.05, 4.69) is 11.9 Å². The number of hydrogen-bond donors (Lipinski definition) is 2. The Labute approximate surface area is 202 Å². The SMILES string of the molecule is CCCCCCCCCCCCCCCC(=O)OCCN(C)C.Nc1cc2ccccc2[nH]1. The number of carbonyl (C=O) groups is 1. The monoisotopic (exact) mass is 459 g/mol. The Morgan fingerprint density at radius 3 is 1.97 bits per heavy atom. The van der Waals surface area contributed by atoms with Crippen molar-refractivity contribution in [2.24, 2.45) is 0 Å². The van der Waals surface area contributed by atoms with Crippen LogP contribution < -0.4 is 5.73 Å². The average Bonchev–Trinajstić information content (AvgIpc) is 3.17. The van der Waals surface area contributed by atoms with Crippen molar-refractivity contribution in [3.05, 3.63) is 30.3 Å². The molecule has 0 saturated carbocycles. The average molecular weight is 460 g/mol. The molecule has 0 aliphatic rings. The second kappa shape index (κ2) is 19.5. The number of nitrogens with zero attached hydrogens (tertiary/aromatic N) is 1. The lowest BCUT2D eigenvalue weighted by Gasteiger charge is -2.09. The van der Waals surface area contributed by atoms with Crippen LogP contribution in [0.15, 0.2) is 30.3 Å². The van der Waals surface area contributed by atoms with Crippen LogP contribution in [-0.4, -0.2) is 43.1 Å². The van der Waals surface area contributed by atoms with Gasteiger partial charge in [0, 0.05) is 23.9 Å². The van der Waals surface area contributed by atoms with Crippen LogP contribution in [0.25, 0.3) is 10.9 Å². The van der Waals surface area contributed by atoms with Crippen molar-refractivity contribution in [3.8, 4) is 0 Å². The molecule has 1 aromatic carbocycles. The highest BCUT2D eigenvalue weighted by atomic mass is 16.5. The number of hydrogen-bond acceptors (Lipinski definition) is 4. The summed E-state index contributed by atoms with van der Waals surface area (Å²) in [7, 11) is 3.97. The maximum atomic E-state index is 11.5. The second-order valence-corrected chi connectivity index (χ2v) is 9.33. The van der Waals surface area contributed by atoms with Crippen molar-refractivity contribution in [2.45, 2.75) is 96.8 Å². The van der Waals surface area contributed by atoms with Crippen LogP contribution in [0.1, 0.15) is 96.8 Å². The summed E-state index contributed by atoms with van der Waals surface area (Å²) in [4.78, 5) is 16.5. The van der Waals surface area contributed by atoms with Gasteiger partial charge in [-0.3, -0.25) is 4.79 Å². The summed E-state index contributed by atoms with van der Waals surface area (Å²) in [6, 6.07) is 9.94. The molecule has 1 aromatic heterocycles. The van der Waals surface area contributed by atoms with E-state index in [-0.39, 0.29) is 5.97 Å². The maximum Gasteiger partial charge on any atom is 0.305 e. The molecule has 2 rings (SSSR count). The zero-order chi connectivity index (χ0) is 24.2. The van der Waals surface area contributed by atoms with Gasteiger partial charge in [0.25, 0.3) is 0 Å². The molecular formula is C28H49N3O2. The number of carbonyl (C=O) groups excluding carboxylic acids is 1. The van der Waals surface area contributed by atoms with Gasteiger partial charge in [0.15, 0.2) is 0 Å². The molecule has 0 atom stereocenters. The number of aromatic amines is 1. The molecule has 2 aromatic rings. The topological polar surface area (TPSA) is 71.3 Å². The second-order valence-electron chi connectivity index (χ2n) is 9.33. The predicted molar refractivity (Wildman–Crippen MR) is 143 cm³/mol. The quantitative estimate of drug-likeness (QED) is 0.192. The minimum absolute atomic E-state index is 0.0325. The van der Waals surface area contributed by atoms with E-state index in [1.54, 1.807) is 0 Å². The van der Waals surface area contributed by atoms with E-state index in [0.29, 0.717) is 13.0 Å². The fourth-order valence-corrected chi connectivity index (χ4v) is 3.80. The summed E-state index contributed by atoms with van der Waals surface area (Å²) in [6.07, 6.45) is 17.9. The lowest BCUT2D eigenvalue weighted by atomic mass is 10.0. The van der Waals surface area contributed by atoms with Gasteiger partial charge in [0.1, 0.15) is 12.4 Å². The number of benzene rings is 1. The lowest BCUT2D eigenvalue weighted by Crippen LogP contribution is -2.20. The molecule has 0 saturated heterocycles. The fraction of sp³-hybridized carbons (Fsp3) is 0.679. The maximum absolute atomic E-state index is 11.5. The number of likely N-dealkylation sites (N-methyl/N-ethyl adjacent to an activating group) is 1. The molecule has 0 aliphatic carbocycles. The Hall–Kier alpha value is -2.01. The van der Waals surface area contributed by atoms with Crippen LogP contribution >= 0.6 is 0 Å². The molecule has 3 N–H and O–H groups in total. The standard InChI is InChI=1S/C20H41NO2.C8H8N2/c1-4-5-6-7-8-9-10-11-12-13-14-15-16-17-20(22)23-19-18-21(2)3;9-8-5-6-3-1-2-4-7(6)10-8/h4-19H2,1-3H3;1-5,10H,9H2. The van der Waals surface area contributed by atoms with Crippen LogP contribution in [0.3, 0.4) is 0 Å². The van der Waals surface area contributed by atoms with E-state index >= 15 is 0 Å². The van der Waals surface area contributed by atoms with Gasteiger partial charge in [0.05, 0.1) is 0 Å². The third kappa shape index (κ3) is 16.3. The summed E-state index contributed by atoms with van der Waals surface area (Å²) in [5.41, 5.74) is 6.63. The molecule has 0 unspecified atom stereocenters. The predicted octanol–water partition coefficient (Wildman–Crippen LogP) is 7.32. The van der Waals surface area contributed by atoms with Gasteiger partial charge in [-0.2, -0.15) is 0 Å². The first kappa shape index (κ1) is 29.0. The van der Waals surface area contributed by atoms with Gasteiger partial charge < -0.3 is 20.4 Å².